The number of anilines is 1. The van der Waals surface area contributed by atoms with Gasteiger partial charge >= 0.3 is 0 Å². The molecule has 1 aliphatic heterocycles. The number of nitrogens with zero attached hydrogens (tertiary/aromatic N) is 4. The molecule has 1 aliphatic rings. The van der Waals surface area contributed by atoms with Crippen molar-refractivity contribution < 1.29 is 0 Å². The van der Waals surface area contributed by atoms with Gasteiger partial charge in [0.25, 0.3) is 5.56 Å². The molecule has 0 saturated heterocycles. The van der Waals surface area contributed by atoms with Crippen molar-refractivity contribution in [3.63, 3.8) is 0 Å². The zero-order chi connectivity index (χ0) is 17.2. The Kier molecular flexibility index (Phi) is 4.19. The topological polar surface area (TPSA) is 51.0 Å². The predicted molar refractivity (Wildman–Crippen MR) is 102 cm³/mol. The van der Waals surface area contributed by atoms with Gasteiger partial charge in [-0.2, -0.15) is 11.3 Å². The number of thiophene rings is 1. The second-order valence-corrected chi connectivity index (χ2v) is 6.81. The molecular weight excluding hydrogens is 332 g/mol. The van der Waals surface area contributed by atoms with Gasteiger partial charge in [-0.15, -0.1) is 0 Å². The molecule has 0 bridgehead atoms. The van der Waals surface area contributed by atoms with E-state index in [9.17, 15) is 4.79 Å². The van der Waals surface area contributed by atoms with Gasteiger partial charge in [-0.3, -0.25) is 14.3 Å². The Morgan fingerprint density at radius 3 is 2.76 bits per heavy atom. The summed E-state index contributed by atoms with van der Waals surface area (Å²) in [6, 6.07) is 7.47. The molecule has 0 atom stereocenters. The van der Waals surface area contributed by atoms with Crippen LogP contribution in [0.15, 0.2) is 58.3 Å². The molecule has 5 nitrogen and oxygen atoms in total. The Balaban J connectivity index is 1.72. The quantitative estimate of drug-likeness (QED) is 0.728. The lowest BCUT2D eigenvalue weighted by Gasteiger charge is -2.29. The lowest BCUT2D eigenvalue weighted by molar-refractivity contribution is 0.727. The molecule has 0 aromatic carbocycles. The van der Waals surface area contributed by atoms with E-state index in [0.717, 1.165) is 25.1 Å². The standard InChI is InChI=1S/C19H18N4OS/c1-22-18(24)11-17(14-4-7-20-8-5-14)21-19(22)23-9-2-3-15(12-23)16-6-10-25-13-16/h3-8,10-11,13H,2,9,12H2,1H3. The van der Waals surface area contributed by atoms with E-state index in [1.807, 2.05) is 12.1 Å². The lowest BCUT2D eigenvalue weighted by atomic mass is 10.0. The van der Waals surface area contributed by atoms with Gasteiger partial charge in [0.1, 0.15) is 0 Å². The van der Waals surface area contributed by atoms with Crippen LogP contribution in [-0.2, 0) is 7.05 Å². The van der Waals surface area contributed by atoms with Gasteiger partial charge in [-0.1, -0.05) is 6.08 Å². The largest absolute Gasteiger partial charge is 0.338 e. The molecule has 0 saturated carbocycles. The van der Waals surface area contributed by atoms with Gasteiger partial charge in [0.05, 0.1) is 5.69 Å². The second kappa shape index (κ2) is 6.64. The molecule has 3 aromatic heterocycles. The van der Waals surface area contributed by atoms with E-state index in [4.69, 9.17) is 4.98 Å². The Morgan fingerprint density at radius 1 is 1.16 bits per heavy atom. The molecule has 3 aromatic rings. The van der Waals surface area contributed by atoms with Gasteiger partial charge in [0.2, 0.25) is 5.95 Å². The van der Waals surface area contributed by atoms with E-state index in [0.29, 0.717) is 11.6 Å². The fraction of sp³-hybridized carbons (Fsp3) is 0.211. The van der Waals surface area contributed by atoms with Gasteiger partial charge in [-0.05, 0) is 46.5 Å². The number of hydrogen-bond donors (Lipinski definition) is 0. The first-order valence-corrected chi connectivity index (χ1v) is 9.11. The summed E-state index contributed by atoms with van der Waals surface area (Å²) in [6.45, 7) is 1.62. The SMILES string of the molecule is Cn1c(N2CCC=C(c3ccsc3)C2)nc(-c2ccncc2)cc1=O. The average Bonchev–Trinajstić information content (AvgIpc) is 3.19. The fourth-order valence-corrected chi connectivity index (χ4v) is 3.73. The fourth-order valence-electron chi connectivity index (χ4n) is 3.05. The number of pyridine rings is 1. The van der Waals surface area contributed by atoms with E-state index in [-0.39, 0.29) is 5.56 Å². The van der Waals surface area contributed by atoms with Crippen LogP contribution in [-0.4, -0.2) is 27.6 Å². The number of hydrogen-bond acceptors (Lipinski definition) is 5. The predicted octanol–water partition coefficient (Wildman–Crippen LogP) is 3.20. The molecule has 0 unspecified atom stereocenters. The minimum atomic E-state index is -0.0524. The van der Waals surface area contributed by atoms with Crippen LogP contribution in [0.25, 0.3) is 16.8 Å². The second-order valence-electron chi connectivity index (χ2n) is 6.03. The van der Waals surface area contributed by atoms with Crippen molar-refractivity contribution in [2.24, 2.45) is 7.05 Å². The third kappa shape index (κ3) is 3.13. The van der Waals surface area contributed by atoms with E-state index in [1.54, 1.807) is 41.4 Å². The Bertz CT molecular complexity index is 961. The number of rotatable bonds is 3. The maximum atomic E-state index is 12.5. The molecule has 4 rings (SSSR count). The summed E-state index contributed by atoms with van der Waals surface area (Å²) in [4.78, 5) is 23.4. The van der Waals surface area contributed by atoms with Crippen molar-refractivity contribution >= 4 is 22.9 Å². The van der Waals surface area contributed by atoms with Gasteiger partial charge in [0, 0.05) is 44.2 Å². The molecule has 0 fully saturated rings. The zero-order valence-corrected chi connectivity index (χ0v) is 14.7. The first kappa shape index (κ1) is 15.8. The highest BCUT2D eigenvalue weighted by Gasteiger charge is 2.19. The summed E-state index contributed by atoms with van der Waals surface area (Å²) in [7, 11) is 1.78. The van der Waals surface area contributed by atoms with E-state index >= 15 is 0 Å². The maximum absolute atomic E-state index is 12.5. The van der Waals surface area contributed by atoms with Crippen molar-refractivity contribution in [1.82, 2.24) is 14.5 Å². The summed E-state index contributed by atoms with van der Waals surface area (Å²) < 4.78 is 1.63. The molecule has 0 amide bonds. The lowest BCUT2D eigenvalue weighted by Crippen LogP contribution is -2.35. The minimum Gasteiger partial charge on any atom is -0.338 e. The van der Waals surface area contributed by atoms with Crippen LogP contribution < -0.4 is 10.5 Å². The summed E-state index contributed by atoms with van der Waals surface area (Å²) >= 11 is 1.70. The molecule has 6 heteroatoms. The average molecular weight is 350 g/mol. The first-order valence-electron chi connectivity index (χ1n) is 8.17. The van der Waals surface area contributed by atoms with E-state index in [1.165, 1.54) is 11.1 Å². The normalized spacial score (nSPS) is 14.4. The number of aromatic nitrogens is 3. The van der Waals surface area contributed by atoms with Gasteiger partial charge in [-0.25, -0.2) is 4.98 Å². The first-order chi connectivity index (χ1) is 12.2. The Hall–Kier alpha value is -2.73. The molecule has 0 radical (unpaired) electrons. The third-order valence-electron chi connectivity index (χ3n) is 4.41. The van der Waals surface area contributed by atoms with Crippen LogP contribution >= 0.6 is 11.3 Å². The van der Waals surface area contributed by atoms with Crippen LogP contribution in [0.3, 0.4) is 0 Å². The van der Waals surface area contributed by atoms with Crippen molar-refractivity contribution in [2.75, 3.05) is 18.0 Å². The van der Waals surface area contributed by atoms with E-state index in [2.05, 4.69) is 32.8 Å². The van der Waals surface area contributed by atoms with Crippen LogP contribution in [0.1, 0.15) is 12.0 Å². The van der Waals surface area contributed by atoms with Crippen molar-refractivity contribution in [3.05, 3.63) is 69.4 Å². The molecule has 0 spiro atoms. The monoisotopic (exact) mass is 350 g/mol. The summed E-state index contributed by atoms with van der Waals surface area (Å²) in [5, 5.41) is 4.25. The Morgan fingerprint density at radius 2 is 2.00 bits per heavy atom. The van der Waals surface area contributed by atoms with Crippen LogP contribution in [0.5, 0.6) is 0 Å². The Labute approximate surface area is 149 Å². The smallest absolute Gasteiger partial charge is 0.255 e. The van der Waals surface area contributed by atoms with E-state index < -0.39 is 0 Å². The van der Waals surface area contributed by atoms with Gasteiger partial charge < -0.3 is 4.90 Å². The highest BCUT2D eigenvalue weighted by molar-refractivity contribution is 7.08. The van der Waals surface area contributed by atoms with Crippen molar-refractivity contribution in [3.8, 4) is 11.3 Å². The zero-order valence-electron chi connectivity index (χ0n) is 13.9. The highest BCUT2D eigenvalue weighted by Crippen LogP contribution is 2.26. The van der Waals surface area contributed by atoms with Crippen molar-refractivity contribution in [2.45, 2.75) is 6.42 Å². The van der Waals surface area contributed by atoms with Crippen molar-refractivity contribution in [1.29, 1.82) is 0 Å². The van der Waals surface area contributed by atoms with Crippen LogP contribution in [0.2, 0.25) is 0 Å². The minimum absolute atomic E-state index is 0.0524. The van der Waals surface area contributed by atoms with Crippen LogP contribution in [0, 0.1) is 0 Å². The summed E-state index contributed by atoms with van der Waals surface area (Å²) in [5.41, 5.74) is 4.08. The molecule has 0 N–H and O–H groups in total. The maximum Gasteiger partial charge on any atom is 0.255 e. The van der Waals surface area contributed by atoms with Gasteiger partial charge in [0.15, 0.2) is 0 Å². The highest BCUT2D eigenvalue weighted by atomic mass is 32.1. The molecule has 25 heavy (non-hydrogen) atoms. The summed E-state index contributed by atoms with van der Waals surface area (Å²) in [6.07, 6.45) is 6.66. The molecule has 126 valence electrons. The summed E-state index contributed by atoms with van der Waals surface area (Å²) in [5.74, 6) is 0.708. The van der Waals surface area contributed by atoms with Crippen LogP contribution in [0.4, 0.5) is 5.95 Å². The molecular formula is C19H18N4OS. The molecule has 0 aliphatic carbocycles. The third-order valence-corrected chi connectivity index (χ3v) is 5.10. The molecule has 4 heterocycles.